The van der Waals surface area contributed by atoms with Gasteiger partial charge in [0.2, 0.25) is 0 Å². The lowest BCUT2D eigenvalue weighted by Gasteiger charge is -2.43. The third kappa shape index (κ3) is 3.69. The van der Waals surface area contributed by atoms with Crippen LogP contribution in [0.3, 0.4) is 0 Å². The Hall–Kier alpha value is -3.21. The van der Waals surface area contributed by atoms with Crippen LogP contribution in [0.5, 0.6) is 5.75 Å². The maximum absolute atomic E-state index is 13.2. The molecule has 0 amide bonds. The Labute approximate surface area is 176 Å². The van der Waals surface area contributed by atoms with Gasteiger partial charge in [-0.25, -0.2) is 15.0 Å². The van der Waals surface area contributed by atoms with Crippen molar-refractivity contribution in [2.24, 2.45) is 7.05 Å². The van der Waals surface area contributed by atoms with Gasteiger partial charge in [0.25, 0.3) is 6.47 Å². The number of halogens is 3. The van der Waals surface area contributed by atoms with Gasteiger partial charge in [-0.05, 0) is 38.7 Å². The van der Waals surface area contributed by atoms with Gasteiger partial charge in [-0.15, -0.1) is 0 Å². The first-order chi connectivity index (χ1) is 14.6. The molecule has 0 bridgehead atoms. The maximum atomic E-state index is 13.2. The predicted octanol–water partition coefficient (Wildman–Crippen LogP) is 2.64. The minimum Gasteiger partial charge on any atom is -0.428 e. The zero-order valence-electron chi connectivity index (χ0n) is 17.4. The van der Waals surface area contributed by atoms with E-state index in [1.165, 1.54) is 6.92 Å². The zero-order valence-corrected chi connectivity index (χ0v) is 17.4. The SMILES string of the molecule is Cc1cc(C(F)(F)F)cc(OC=O)c1-c1nc2nc(N3CC(N(C)C)C3)cnc2n1C. The van der Waals surface area contributed by atoms with Crippen molar-refractivity contribution >= 4 is 23.6 Å². The van der Waals surface area contributed by atoms with Crippen LogP contribution in [-0.2, 0) is 18.0 Å². The number of ether oxygens (including phenoxy) is 1. The molecule has 3 heterocycles. The summed E-state index contributed by atoms with van der Waals surface area (Å²) in [7, 11) is 5.73. The second-order valence-electron chi connectivity index (χ2n) is 7.77. The molecule has 2 aromatic heterocycles. The monoisotopic (exact) mass is 434 g/mol. The molecule has 0 aliphatic carbocycles. The van der Waals surface area contributed by atoms with Gasteiger partial charge in [-0.2, -0.15) is 13.2 Å². The highest BCUT2D eigenvalue weighted by atomic mass is 19.4. The van der Waals surface area contributed by atoms with Crippen molar-refractivity contribution in [2.45, 2.75) is 19.1 Å². The molecule has 0 saturated carbocycles. The van der Waals surface area contributed by atoms with Gasteiger partial charge >= 0.3 is 6.18 Å². The number of imidazole rings is 1. The molecule has 31 heavy (non-hydrogen) atoms. The number of fused-ring (bicyclic) bond motifs is 1. The van der Waals surface area contributed by atoms with E-state index in [1.807, 2.05) is 14.1 Å². The molecule has 0 spiro atoms. The fraction of sp³-hybridized carbons (Fsp3) is 0.400. The molecule has 1 fully saturated rings. The maximum Gasteiger partial charge on any atom is 0.416 e. The molecular formula is C20H21F3N6O2. The van der Waals surface area contributed by atoms with Gasteiger partial charge in [0.05, 0.1) is 17.3 Å². The number of alkyl halides is 3. The van der Waals surface area contributed by atoms with Crippen molar-refractivity contribution in [3.8, 4) is 17.1 Å². The Morgan fingerprint density at radius 1 is 1.23 bits per heavy atom. The van der Waals surface area contributed by atoms with E-state index in [4.69, 9.17) is 4.74 Å². The molecule has 8 nitrogen and oxygen atoms in total. The summed E-state index contributed by atoms with van der Waals surface area (Å²) in [6.45, 7) is 3.25. The second-order valence-corrected chi connectivity index (χ2v) is 7.77. The molecule has 4 rings (SSSR count). The van der Waals surface area contributed by atoms with Gasteiger partial charge in [0, 0.05) is 26.2 Å². The average molecular weight is 434 g/mol. The molecular weight excluding hydrogens is 413 g/mol. The van der Waals surface area contributed by atoms with Gasteiger partial charge in [-0.1, -0.05) is 0 Å². The van der Waals surface area contributed by atoms with Crippen LogP contribution in [-0.4, -0.2) is 64.1 Å². The molecule has 1 aliphatic heterocycles. The minimum atomic E-state index is -4.57. The summed E-state index contributed by atoms with van der Waals surface area (Å²) >= 11 is 0. The van der Waals surface area contributed by atoms with Crippen LogP contribution in [0.2, 0.25) is 0 Å². The van der Waals surface area contributed by atoms with E-state index in [0.717, 1.165) is 25.2 Å². The average Bonchev–Trinajstić information content (AvgIpc) is 2.95. The summed E-state index contributed by atoms with van der Waals surface area (Å²) in [5, 5.41) is 0. The number of anilines is 1. The van der Waals surface area contributed by atoms with Crippen LogP contribution in [0.4, 0.5) is 19.0 Å². The molecule has 11 heteroatoms. The fourth-order valence-corrected chi connectivity index (χ4v) is 3.65. The van der Waals surface area contributed by atoms with Crippen molar-refractivity contribution in [3.05, 3.63) is 29.5 Å². The molecule has 1 saturated heterocycles. The van der Waals surface area contributed by atoms with Crippen LogP contribution >= 0.6 is 0 Å². The number of hydrogen-bond donors (Lipinski definition) is 0. The first-order valence-corrected chi connectivity index (χ1v) is 9.53. The smallest absolute Gasteiger partial charge is 0.416 e. The lowest BCUT2D eigenvalue weighted by atomic mass is 10.0. The number of rotatable bonds is 5. The molecule has 0 N–H and O–H groups in total. The Morgan fingerprint density at radius 3 is 2.55 bits per heavy atom. The minimum absolute atomic E-state index is 0.0979. The predicted molar refractivity (Wildman–Crippen MR) is 108 cm³/mol. The quantitative estimate of drug-likeness (QED) is 0.572. The van der Waals surface area contributed by atoms with E-state index in [9.17, 15) is 18.0 Å². The molecule has 0 radical (unpaired) electrons. The summed E-state index contributed by atoms with van der Waals surface area (Å²) < 4.78 is 46.2. The van der Waals surface area contributed by atoms with E-state index >= 15 is 0 Å². The van der Waals surface area contributed by atoms with Crippen LogP contribution in [0.25, 0.3) is 22.7 Å². The highest BCUT2D eigenvalue weighted by molar-refractivity contribution is 5.80. The van der Waals surface area contributed by atoms with Gasteiger partial charge in [0.15, 0.2) is 11.3 Å². The van der Waals surface area contributed by atoms with Gasteiger partial charge in [0.1, 0.15) is 17.4 Å². The molecule has 1 aromatic carbocycles. The van der Waals surface area contributed by atoms with E-state index in [1.54, 1.807) is 17.8 Å². The van der Waals surface area contributed by atoms with E-state index in [0.29, 0.717) is 29.0 Å². The van der Waals surface area contributed by atoms with Crippen molar-refractivity contribution in [2.75, 3.05) is 32.1 Å². The summed E-state index contributed by atoms with van der Waals surface area (Å²) in [6, 6.07) is 2.24. The highest BCUT2D eigenvalue weighted by Gasteiger charge is 2.33. The van der Waals surface area contributed by atoms with Crippen molar-refractivity contribution in [3.63, 3.8) is 0 Å². The Kier molecular flexibility index (Phi) is 5.08. The van der Waals surface area contributed by atoms with Gasteiger partial charge < -0.3 is 19.1 Å². The van der Waals surface area contributed by atoms with E-state index in [-0.39, 0.29) is 23.3 Å². The Balaban J connectivity index is 1.78. The fourth-order valence-electron chi connectivity index (χ4n) is 3.65. The van der Waals surface area contributed by atoms with E-state index in [2.05, 4.69) is 24.8 Å². The summed E-state index contributed by atoms with van der Waals surface area (Å²) in [6.07, 6.45) is -2.92. The van der Waals surface area contributed by atoms with Gasteiger partial charge in [-0.3, -0.25) is 4.79 Å². The molecule has 0 atom stereocenters. The number of hydrogen-bond acceptors (Lipinski definition) is 7. The molecule has 164 valence electrons. The first-order valence-electron chi connectivity index (χ1n) is 9.53. The van der Waals surface area contributed by atoms with Crippen LogP contribution < -0.4 is 9.64 Å². The number of carbonyl (C=O) groups is 1. The van der Waals surface area contributed by atoms with E-state index < -0.39 is 11.7 Å². The zero-order chi connectivity index (χ0) is 22.5. The molecule has 3 aromatic rings. The highest BCUT2D eigenvalue weighted by Crippen LogP contribution is 2.39. The second kappa shape index (κ2) is 7.49. The lowest BCUT2D eigenvalue weighted by Crippen LogP contribution is -2.57. The first kappa shape index (κ1) is 21.0. The van der Waals surface area contributed by atoms with Crippen molar-refractivity contribution < 1.29 is 22.7 Å². The summed E-state index contributed by atoms with van der Waals surface area (Å²) in [5.74, 6) is 0.770. The summed E-state index contributed by atoms with van der Waals surface area (Å²) in [4.78, 5) is 28.7. The van der Waals surface area contributed by atoms with Crippen molar-refractivity contribution in [1.29, 1.82) is 0 Å². The van der Waals surface area contributed by atoms with Crippen LogP contribution in [0.1, 0.15) is 11.1 Å². The van der Waals surface area contributed by atoms with Crippen molar-refractivity contribution in [1.82, 2.24) is 24.4 Å². The molecule has 0 unspecified atom stereocenters. The Bertz CT molecular complexity index is 1150. The number of nitrogens with zero attached hydrogens (tertiary/aromatic N) is 6. The third-order valence-electron chi connectivity index (χ3n) is 5.51. The third-order valence-corrected chi connectivity index (χ3v) is 5.51. The standard InChI is InChI=1S/C20H21F3N6O2/c1-11-5-12(20(21,22)23)6-14(31-10-30)16(11)18-26-17-19(28(18)4)24-7-15(25-17)29-8-13(9-29)27(2)3/h5-7,10,13H,8-9H2,1-4H3. The largest absolute Gasteiger partial charge is 0.428 e. The number of aryl methyl sites for hydroxylation is 2. The molecule has 1 aliphatic rings. The van der Waals surface area contributed by atoms with Crippen LogP contribution in [0, 0.1) is 6.92 Å². The normalized spacial score (nSPS) is 14.9. The number of likely N-dealkylation sites (N-methyl/N-ethyl adjacent to an activating group) is 1. The van der Waals surface area contributed by atoms with Crippen LogP contribution in [0.15, 0.2) is 18.3 Å². The Morgan fingerprint density at radius 2 is 1.94 bits per heavy atom. The topological polar surface area (TPSA) is 76.4 Å². The lowest BCUT2D eigenvalue weighted by molar-refractivity contribution is -0.138. The summed E-state index contributed by atoms with van der Waals surface area (Å²) in [5.41, 5.74) is 0.470. The number of aromatic nitrogens is 4. The number of benzene rings is 1. The number of carbonyl (C=O) groups excluding carboxylic acids is 1.